The van der Waals surface area contributed by atoms with Crippen molar-refractivity contribution in [2.75, 3.05) is 19.6 Å². The molecule has 2 N–H and O–H groups in total. The van der Waals surface area contributed by atoms with Crippen LogP contribution in [0.5, 0.6) is 0 Å². The fraction of sp³-hybridized carbons (Fsp3) is 0.786. The largest absolute Gasteiger partial charge is 0.350 e. The monoisotopic (exact) mass is 275 g/mol. The first kappa shape index (κ1) is 12.3. The van der Waals surface area contributed by atoms with E-state index in [4.69, 9.17) is 0 Å². The highest BCUT2D eigenvalue weighted by molar-refractivity contribution is 5.91. The van der Waals surface area contributed by atoms with Gasteiger partial charge in [0, 0.05) is 19.6 Å². The second-order valence-electron chi connectivity index (χ2n) is 6.54. The van der Waals surface area contributed by atoms with E-state index in [1.54, 1.807) is 10.9 Å². The van der Waals surface area contributed by atoms with E-state index in [0.717, 1.165) is 31.5 Å². The van der Waals surface area contributed by atoms with Gasteiger partial charge in [-0.1, -0.05) is 11.6 Å². The smallest absolute Gasteiger partial charge is 0.273 e. The highest BCUT2D eigenvalue weighted by Crippen LogP contribution is 2.47. The normalized spacial score (nSPS) is 32.3. The Morgan fingerprint density at radius 3 is 2.95 bits per heavy atom. The van der Waals surface area contributed by atoms with Gasteiger partial charge in [-0.15, -0.1) is 5.10 Å². The van der Waals surface area contributed by atoms with Crippen molar-refractivity contribution in [3.05, 3.63) is 11.9 Å². The average molecular weight is 275 g/mol. The molecule has 1 saturated heterocycles. The van der Waals surface area contributed by atoms with E-state index >= 15 is 0 Å². The Labute approximate surface area is 118 Å². The Morgan fingerprint density at radius 1 is 1.40 bits per heavy atom. The number of fused-ring (bicyclic) bond motifs is 2. The molecular formula is C14H21N5O. The molecule has 3 fully saturated rings. The molecule has 1 aliphatic heterocycles. The summed E-state index contributed by atoms with van der Waals surface area (Å²) < 4.78 is 1.79. The minimum atomic E-state index is -0.0775. The number of carbonyl (C=O) groups excluding carboxylic acids is 1. The van der Waals surface area contributed by atoms with Gasteiger partial charge in [0.05, 0.1) is 12.2 Å². The molecule has 2 saturated carbocycles. The van der Waals surface area contributed by atoms with Gasteiger partial charge in [0.2, 0.25) is 0 Å². The van der Waals surface area contributed by atoms with Crippen LogP contribution in [0.3, 0.4) is 0 Å². The van der Waals surface area contributed by atoms with Crippen LogP contribution in [-0.2, 0) is 0 Å². The lowest BCUT2D eigenvalue weighted by Crippen LogP contribution is -2.43. The van der Waals surface area contributed by atoms with E-state index in [2.05, 4.69) is 20.9 Å². The summed E-state index contributed by atoms with van der Waals surface area (Å²) >= 11 is 0. The van der Waals surface area contributed by atoms with E-state index in [9.17, 15) is 4.79 Å². The van der Waals surface area contributed by atoms with Crippen LogP contribution in [0.2, 0.25) is 0 Å². The van der Waals surface area contributed by atoms with Crippen LogP contribution in [0.15, 0.2) is 6.20 Å². The second kappa shape index (κ2) is 4.84. The van der Waals surface area contributed by atoms with Crippen LogP contribution in [0.25, 0.3) is 0 Å². The molecule has 0 spiro atoms. The van der Waals surface area contributed by atoms with E-state index in [-0.39, 0.29) is 5.91 Å². The van der Waals surface area contributed by atoms with E-state index < -0.39 is 0 Å². The highest BCUT2D eigenvalue weighted by atomic mass is 16.2. The number of carbonyl (C=O) groups is 1. The van der Waals surface area contributed by atoms with Crippen molar-refractivity contribution in [1.82, 2.24) is 25.6 Å². The Hall–Kier alpha value is -1.43. The van der Waals surface area contributed by atoms with Crippen molar-refractivity contribution in [1.29, 1.82) is 0 Å². The molecule has 1 aromatic rings. The number of hydrogen-bond acceptors (Lipinski definition) is 4. The number of rotatable bonds is 4. The Bertz CT molecular complexity index is 509. The lowest BCUT2D eigenvalue weighted by atomic mass is 9.89. The molecule has 3 unspecified atom stereocenters. The van der Waals surface area contributed by atoms with Crippen molar-refractivity contribution < 1.29 is 4.79 Å². The number of aromatic nitrogens is 3. The first-order chi connectivity index (χ1) is 9.79. The molecule has 3 aliphatic rings. The molecule has 1 aromatic heterocycles. The maximum Gasteiger partial charge on any atom is 0.273 e. The summed E-state index contributed by atoms with van der Waals surface area (Å²) in [6.07, 6.45) is 7.20. The lowest BCUT2D eigenvalue weighted by molar-refractivity contribution is 0.0936. The van der Waals surface area contributed by atoms with E-state index in [0.29, 0.717) is 17.7 Å². The number of amides is 1. The first-order valence-corrected chi connectivity index (χ1v) is 7.70. The maximum atomic E-state index is 12.1. The SMILES string of the molecule is O=C(NCC1CC2CCC1C2)c1cn(C2CNC2)nn1. The molecule has 2 aliphatic carbocycles. The van der Waals surface area contributed by atoms with Gasteiger partial charge in [-0.05, 0) is 37.0 Å². The molecule has 3 atom stereocenters. The summed E-state index contributed by atoms with van der Waals surface area (Å²) in [5, 5.41) is 14.3. The lowest BCUT2D eigenvalue weighted by Gasteiger charge is -2.26. The van der Waals surface area contributed by atoms with Gasteiger partial charge in [-0.2, -0.15) is 0 Å². The van der Waals surface area contributed by atoms with E-state index in [1.807, 2.05) is 0 Å². The third-order valence-corrected chi connectivity index (χ3v) is 5.29. The van der Waals surface area contributed by atoms with Gasteiger partial charge in [0.1, 0.15) is 0 Å². The number of nitrogens with one attached hydrogen (secondary N) is 2. The Morgan fingerprint density at radius 2 is 2.30 bits per heavy atom. The van der Waals surface area contributed by atoms with Gasteiger partial charge >= 0.3 is 0 Å². The molecule has 4 rings (SSSR count). The molecular weight excluding hydrogens is 254 g/mol. The summed E-state index contributed by atoms with van der Waals surface area (Å²) in [4.78, 5) is 12.1. The average Bonchev–Trinajstić information content (AvgIpc) is 3.09. The predicted molar refractivity (Wildman–Crippen MR) is 73.2 cm³/mol. The molecule has 20 heavy (non-hydrogen) atoms. The van der Waals surface area contributed by atoms with Gasteiger partial charge in [0.15, 0.2) is 5.69 Å². The third kappa shape index (κ3) is 2.12. The van der Waals surface area contributed by atoms with Crippen molar-refractivity contribution >= 4 is 5.91 Å². The van der Waals surface area contributed by atoms with Crippen molar-refractivity contribution in [2.24, 2.45) is 17.8 Å². The minimum Gasteiger partial charge on any atom is -0.350 e. The predicted octanol–water partition coefficient (Wildman–Crippen LogP) is 0.588. The summed E-state index contributed by atoms with van der Waals surface area (Å²) in [5.74, 6) is 2.38. The zero-order chi connectivity index (χ0) is 13.5. The Kier molecular flexibility index (Phi) is 2.98. The molecule has 6 heteroatoms. The quantitative estimate of drug-likeness (QED) is 0.843. The summed E-state index contributed by atoms with van der Waals surface area (Å²) in [6, 6.07) is 0.356. The molecule has 1 amide bonds. The maximum absolute atomic E-state index is 12.1. The molecule has 0 aromatic carbocycles. The number of nitrogens with zero attached hydrogens (tertiary/aromatic N) is 3. The van der Waals surface area contributed by atoms with Crippen LogP contribution in [0.4, 0.5) is 0 Å². The zero-order valence-electron chi connectivity index (χ0n) is 11.6. The summed E-state index contributed by atoms with van der Waals surface area (Å²) in [6.45, 7) is 2.63. The van der Waals surface area contributed by atoms with Crippen molar-refractivity contribution in [3.63, 3.8) is 0 Å². The van der Waals surface area contributed by atoms with Crippen LogP contribution < -0.4 is 10.6 Å². The fourth-order valence-electron chi connectivity index (χ4n) is 3.96. The van der Waals surface area contributed by atoms with Crippen LogP contribution in [-0.4, -0.2) is 40.5 Å². The topological polar surface area (TPSA) is 71.8 Å². The zero-order valence-corrected chi connectivity index (χ0v) is 11.6. The molecule has 6 nitrogen and oxygen atoms in total. The van der Waals surface area contributed by atoms with Gasteiger partial charge < -0.3 is 10.6 Å². The fourth-order valence-corrected chi connectivity index (χ4v) is 3.96. The first-order valence-electron chi connectivity index (χ1n) is 7.70. The standard InChI is InChI=1S/C14H21N5O/c20-14(13-8-19(18-17-13)12-6-15-7-12)16-5-11-4-9-1-2-10(11)3-9/h8-12,15H,1-7H2,(H,16,20). The van der Waals surface area contributed by atoms with Crippen molar-refractivity contribution in [2.45, 2.75) is 31.7 Å². The van der Waals surface area contributed by atoms with Crippen molar-refractivity contribution in [3.8, 4) is 0 Å². The number of hydrogen-bond donors (Lipinski definition) is 2. The second-order valence-corrected chi connectivity index (χ2v) is 6.54. The molecule has 2 heterocycles. The minimum absolute atomic E-state index is 0.0775. The van der Waals surface area contributed by atoms with E-state index in [1.165, 1.54) is 25.7 Å². The van der Waals surface area contributed by atoms with Gasteiger partial charge in [-0.3, -0.25) is 4.79 Å². The molecule has 108 valence electrons. The van der Waals surface area contributed by atoms with Crippen LogP contribution in [0, 0.1) is 17.8 Å². The Balaban J connectivity index is 1.32. The van der Waals surface area contributed by atoms with Gasteiger partial charge in [-0.25, -0.2) is 4.68 Å². The van der Waals surface area contributed by atoms with Crippen LogP contribution in [0.1, 0.15) is 42.2 Å². The highest BCUT2D eigenvalue weighted by Gasteiger charge is 2.39. The molecule has 0 radical (unpaired) electrons. The van der Waals surface area contributed by atoms with Gasteiger partial charge in [0.25, 0.3) is 5.91 Å². The third-order valence-electron chi connectivity index (χ3n) is 5.29. The summed E-state index contributed by atoms with van der Waals surface area (Å²) in [7, 11) is 0. The summed E-state index contributed by atoms with van der Waals surface area (Å²) in [5.41, 5.74) is 0.444. The van der Waals surface area contributed by atoms with Crippen LogP contribution >= 0.6 is 0 Å². The molecule has 2 bridgehead atoms.